The maximum Gasteiger partial charge on any atom is 0.246 e. The normalized spacial score (nSPS) is 13.0. The van der Waals surface area contributed by atoms with Crippen molar-refractivity contribution in [2.75, 3.05) is 50.6 Å². The van der Waals surface area contributed by atoms with Crippen LogP contribution in [0.5, 0.6) is 11.5 Å². The predicted octanol–water partition coefficient (Wildman–Crippen LogP) is 3.83. The molecule has 11 nitrogen and oxygen atoms in total. The molecule has 0 aliphatic heterocycles. The van der Waals surface area contributed by atoms with Crippen molar-refractivity contribution in [2.24, 2.45) is 5.92 Å². The molecule has 1 aliphatic carbocycles. The molecule has 1 amide bonds. The third-order valence-corrected chi connectivity index (χ3v) is 6.74. The number of fused-ring (bicyclic) bond motifs is 1. The molecule has 1 fully saturated rings. The molecule has 2 aromatic heterocycles. The summed E-state index contributed by atoms with van der Waals surface area (Å²) in [6.07, 6.45) is 8.11. The maximum absolute atomic E-state index is 13.4. The topological polar surface area (TPSA) is 127 Å². The summed E-state index contributed by atoms with van der Waals surface area (Å²) in [6.45, 7) is 3.21. The summed E-state index contributed by atoms with van der Waals surface area (Å²) in [5, 5.41) is 20.2. The highest BCUT2D eigenvalue weighted by Gasteiger charge is 2.23. The van der Waals surface area contributed by atoms with Crippen LogP contribution in [0.3, 0.4) is 0 Å². The van der Waals surface area contributed by atoms with Gasteiger partial charge in [0.1, 0.15) is 24.5 Å². The van der Waals surface area contributed by atoms with Gasteiger partial charge < -0.3 is 30.1 Å². The van der Waals surface area contributed by atoms with Gasteiger partial charge >= 0.3 is 0 Å². The number of anilines is 3. The average Bonchev–Trinajstić information content (AvgIpc) is 3.67. The molecule has 41 heavy (non-hydrogen) atoms. The highest BCUT2D eigenvalue weighted by Crippen LogP contribution is 2.35. The van der Waals surface area contributed by atoms with Crippen LogP contribution < -0.4 is 20.1 Å². The molecule has 0 unspecified atom stereocenters. The van der Waals surface area contributed by atoms with E-state index in [0.29, 0.717) is 47.4 Å². The number of aliphatic hydroxyl groups is 1. The zero-order valence-electron chi connectivity index (χ0n) is 22.9. The van der Waals surface area contributed by atoms with Crippen molar-refractivity contribution < 1.29 is 23.8 Å². The van der Waals surface area contributed by atoms with Crippen LogP contribution in [0.4, 0.5) is 21.6 Å². The smallest absolute Gasteiger partial charge is 0.246 e. The van der Waals surface area contributed by atoms with E-state index in [1.807, 2.05) is 12.1 Å². The Bertz CT molecular complexity index is 1480. The molecular weight excluding hydrogens is 529 g/mol. The lowest BCUT2D eigenvalue weighted by atomic mass is 10.2. The highest BCUT2D eigenvalue weighted by molar-refractivity contribution is 5.93. The molecule has 2 aromatic carbocycles. The van der Waals surface area contributed by atoms with E-state index in [0.717, 1.165) is 30.8 Å². The molecule has 1 aliphatic rings. The van der Waals surface area contributed by atoms with E-state index in [9.17, 15) is 14.3 Å². The van der Waals surface area contributed by atoms with E-state index in [1.165, 1.54) is 42.0 Å². The standard InChI is InChI=1S/C29H34FN7O4/c1-40-26-13-24-25(14-27(26)41-11-3-8-36(9-10-38)16-20-6-7-20)31-19-32-29(24)35-23-15-33-37(17-23)18-28(39)34-22-5-2-4-21(30)12-22/h2,4-5,12-15,17,19-20,38H,3,6-11,16,18H2,1H3,(H,34,39)(H,31,32,35). The largest absolute Gasteiger partial charge is 0.493 e. The molecule has 216 valence electrons. The lowest BCUT2D eigenvalue weighted by molar-refractivity contribution is -0.116. The molecule has 4 aromatic rings. The summed E-state index contributed by atoms with van der Waals surface area (Å²) in [5.41, 5.74) is 1.68. The van der Waals surface area contributed by atoms with Crippen LogP contribution in [0, 0.1) is 11.7 Å². The summed E-state index contributed by atoms with van der Waals surface area (Å²) >= 11 is 0. The van der Waals surface area contributed by atoms with Gasteiger partial charge in [-0.25, -0.2) is 14.4 Å². The Morgan fingerprint density at radius 2 is 2.05 bits per heavy atom. The molecule has 1 saturated carbocycles. The van der Waals surface area contributed by atoms with Crippen molar-refractivity contribution in [1.82, 2.24) is 24.6 Å². The molecule has 5 rings (SSSR count). The second-order valence-electron chi connectivity index (χ2n) is 10.0. The average molecular weight is 564 g/mol. The molecule has 2 heterocycles. The number of benzene rings is 2. The lowest BCUT2D eigenvalue weighted by Gasteiger charge is -2.21. The summed E-state index contributed by atoms with van der Waals surface area (Å²) in [7, 11) is 1.59. The van der Waals surface area contributed by atoms with Gasteiger partial charge in [0.2, 0.25) is 5.91 Å². The van der Waals surface area contributed by atoms with Crippen LogP contribution in [-0.4, -0.2) is 75.6 Å². The minimum absolute atomic E-state index is 0.0461. The van der Waals surface area contributed by atoms with Crippen LogP contribution in [0.25, 0.3) is 10.9 Å². The van der Waals surface area contributed by atoms with Gasteiger partial charge in [0, 0.05) is 43.0 Å². The first kappa shape index (κ1) is 28.2. The van der Waals surface area contributed by atoms with E-state index < -0.39 is 5.82 Å². The number of ether oxygens (including phenoxy) is 2. The number of aliphatic hydroxyl groups excluding tert-OH is 1. The van der Waals surface area contributed by atoms with Crippen molar-refractivity contribution in [2.45, 2.75) is 25.8 Å². The SMILES string of the molecule is COc1cc2c(Nc3cnn(CC(=O)Nc4cccc(F)c4)c3)ncnc2cc1OCCCN(CCO)CC1CC1. The first-order valence-corrected chi connectivity index (χ1v) is 13.6. The van der Waals surface area contributed by atoms with Crippen molar-refractivity contribution in [1.29, 1.82) is 0 Å². The zero-order chi connectivity index (χ0) is 28.6. The highest BCUT2D eigenvalue weighted by atomic mass is 19.1. The Labute approximate surface area is 237 Å². The molecule has 0 saturated heterocycles. The Morgan fingerprint density at radius 3 is 2.83 bits per heavy atom. The third kappa shape index (κ3) is 7.89. The van der Waals surface area contributed by atoms with Crippen LogP contribution in [0.1, 0.15) is 19.3 Å². The number of aromatic nitrogens is 4. The molecule has 12 heteroatoms. The van der Waals surface area contributed by atoms with Gasteiger partial charge in [0.15, 0.2) is 11.5 Å². The monoisotopic (exact) mass is 563 g/mol. The molecule has 0 radical (unpaired) electrons. The lowest BCUT2D eigenvalue weighted by Crippen LogP contribution is -2.30. The van der Waals surface area contributed by atoms with Crippen LogP contribution in [0.2, 0.25) is 0 Å². The summed E-state index contributed by atoms with van der Waals surface area (Å²) in [4.78, 5) is 23.5. The van der Waals surface area contributed by atoms with Crippen LogP contribution >= 0.6 is 0 Å². The first-order chi connectivity index (χ1) is 20.0. The van der Waals surface area contributed by atoms with E-state index >= 15 is 0 Å². The zero-order valence-corrected chi connectivity index (χ0v) is 22.9. The van der Waals surface area contributed by atoms with Crippen molar-refractivity contribution >= 4 is 34.0 Å². The van der Waals surface area contributed by atoms with E-state index in [1.54, 1.807) is 25.6 Å². The quantitative estimate of drug-likeness (QED) is 0.185. The fourth-order valence-electron chi connectivity index (χ4n) is 4.57. The number of hydrogen-bond donors (Lipinski definition) is 3. The number of carbonyl (C=O) groups is 1. The Kier molecular flexibility index (Phi) is 9.22. The first-order valence-electron chi connectivity index (χ1n) is 13.6. The molecule has 0 atom stereocenters. The molecule has 0 bridgehead atoms. The summed E-state index contributed by atoms with van der Waals surface area (Å²) < 4.78 is 26.5. The predicted molar refractivity (Wildman–Crippen MR) is 153 cm³/mol. The van der Waals surface area contributed by atoms with Gasteiger partial charge in [-0.15, -0.1) is 0 Å². The summed E-state index contributed by atoms with van der Waals surface area (Å²) in [5.74, 6) is 1.71. The number of amides is 1. The fourth-order valence-corrected chi connectivity index (χ4v) is 4.57. The van der Waals surface area contributed by atoms with Gasteiger partial charge in [0.05, 0.1) is 37.7 Å². The van der Waals surface area contributed by atoms with Crippen LogP contribution in [0.15, 0.2) is 55.1 Å². The van der Waals surface area contributed by atoms with Gasteiger partial charge in [0.25, 0.3) is 0 Å². The third-order valence-electron chi connectivity index (χ3n) is 6.74. The molecular formula is C29H34FN7O4. The number of halogens is 1. The number of nitrogens with zero attached hydrogens (tertiary/aromatic N) is 5. The minimum Gasteiger partial charge on any atom is -0.493 e. The van der Waals surface area contributed by atoms with Crippen molar-refractivity contribution in [3.8, 4) is 11.5 Å². The summed E-state index contributed by atoms with van der Waals surface area (Å²) in [6, 6.07) is 9.37. The van der Waals surface area contributed by atoms with E-state index in [2.05, 4.69) is 30.6 Å². The fraction of sp³-hybridized carbons (Fsp3) is 0.379. The minimum atomic E-state index is -0.425. The van der Waals surface area contributed by atoms with Crippen molar-refractivity contribution in [3.05, 3.63) is 60.9 Å². The number of methoxy groups -OCH3 is 1. The number of nitrogens with one attached hydrogen (secondary N) is 2. The molecule has 0 spiro atoms. The van der Waals surface area contributed by atoms with Gasteiger partial charge in [-0.05, 0) is 49.4 Å². The Balaban J connectivity index is 1.20. The Hall–Kier alpha value is -4.29. The van der Waals surface area contributed by atoms with Gasteiger partial charge in [-0.2, -0.15) is 5.10 Å². The second kappa shape index (κ2) is 13.4. The van der Waals surface area contributed by atoms with Crippen LogP contribution in [-0.2, 0) is 11.3 Å². The van der Waals surface area contributed by atoms with Gasteiger partial charge in [-0.3, -0.25) is 9.48 Å². The second-order valence-corrected chi connectivity index (χ2v) is 10.0. The number of rotatable bonds is 15. The number of carbonyl (C=O) groups excluding carboxylic acids is 1. The molecule has 3 N–H and O–H groups in total. The van der Waals surface area contributed by atoms with E-state index in [4.69, 9.17) is 9.47 Å². The Morgan fingerprint density at radius 1 is 1.17 bits per heavy atom. The van der Waals surface area contributed by atoms with Gasteiger partial charge in [-0.1, -0.05) is 6.07 Å². The number of hydrogen-bond acceptors (Lipinski definition) is 9. The van der Waals surface area contributed by atoms with E-state index in [-0.39, 0.29) is 19.1 Å². The van der Waals surface area contributed by atoms with Crippen molar-refractivity contribution in [3.63, 3.8) is 0 Å². The maximum atomic E-state index is 13.4.